The number of carbonyl (C=O) groups is 1. The van der Waals surface area contributed by atoms with Crippen LogP contribution in [0.5, 0.6) is 0 Å². The molecule has 1 aliphatic heterocycles. The van der Waals surface area contributed by atoms with Crippen LogP contribution in [-0.4, -0.2) is 23.5 Å². The minimum atomic E-state index is -2.97. The van der Waals surface area contributed by atoms with Crippen LogP contribution in [0.2, 0.25) is 0 Å². The molecule has 3 nitrogen and oxygen atoms in total. The van der Waals surface area contributed by atoms with Crippen molar-refractivity contribution in [1.29, 1.82) is 0 Å². The molecule has 1 saturated heterocycles. The third-order valence-corrected chi connectivity index (χ3v) is 7.47. The molecule has 0 radical (unpaired) electrons. The highest BCUT2D eigenvalue weighted by Crippen LogP contribution is 2.50. The number of benzene rings is 2. The van der Waals surface area contributed by atoms with Crippen LogP contribution < -0.4 is 10.6 Å². The fourth-order valence-electron chi connectivity index (χ4n) is 3.14. The van der Waals surface area contributed by atoms with Crippen molar-refractivity contribution in [3.8, 4) is 0 Å². The molecule has 0 aliphatic carbocycles. The van der Waals surface area contributed by atoms with Crippen LogP contribution in [0.4, 0.5) is 0 Å². The van der Waals surface area contributed by atoms with Crippen molar-refractivity contribution >= 4 is 24.2 Å². The van der Waals surface area contributed by atoms with E-state index in [4.69, 9.17) is 0 Å². The average molecular weight is 313 g/mol. The van der Waals surface area contributed by atoms with Gasteiger partial charge in [0.05, 0.1) is 6.04 Å². The van der Waals surface area contributed by atoms with E-state index in [0.29, 0.717) is 6.54 Å². The zero-order valence-corrected chi connectivity index (χ0v) is 13.4. The molecule has 2 aromatic carbocycles. The number of piperidine rings is 1. The summed E-state index contributed by atoms with van der Waals surface area (Å²) in [4.78, 5) is 11.5. The van der Waals surface area contributed by atoms with Crippen LogP contribution in [-0.2, 0) is 9.36 Å². The molecule has 0 amide bonds. The maximum absolute atomic E-state index is 14.1. The van der Waals surface area contributed by atoms with Crippen molar-refractivity contribution in [2.45, 2.75) is 25.3 Å². The van der Waals surface area contributed by atoms with E-state index in [2.05, 4.69) is 0 Å². The van der Waals surface area contributed by atoms with E-state index in [1.54, 1.807) is 0 Å². The number of rotatable bonds is 4. The minimum absolute atomic E-state index is 0.264. The van der Waals surface area contributed by atoms with Gasteiger partial charge in [-0.25, -0.2) is 4.67 Å². The Hall–Kier alpha value is -1.70. The molecule has 0 N–H and O–H groups in total. The molecule has 1 fully saturated rings. The lowest BCUT2D eigenvalue weighted by molar-refractivity contribution is -0.111. The lowest BCUT2D eigenvalue weighted by Crippen LogP contribution is -2.43. The first-order valence-corrected chi connectivity index (χ1v) is 9.36. The maximum Gasteiger partial charge on any atom is 0.207 e. The molecule has 114 valence electrons. The molecule has 4 heteroatoms. The number of carbonyl (C=O) groups excluding carboxylic acids is 1. The molecule has 0 aromatic heterocycles. The van der Waals surface area contributed by atoms with Crippen molar-refractivity contribution in [1.82, 2.24) is 4.67 Å². The van der Waals surface area contributed by atoms with Crippen molar-refractivity contribution < 1.29 is 9.36 Å². The number of nitrogens with zero attached hydrogens (tertiary/aromatic N) is 1. The van der Waals surface area contributed by atoms with Crippen LogP contribution in [0.1, 0.15) is 19.3 Å². The second-order valence-corrected chi connectivity index (χ2v) is 8.31. The average Bonchev–Trinajstić information content (AvgIpc) is 2.62. The smallest absolute Gasteiger partial charge is 0.207 e. The topological polar surface area (TPSA) is 37.4 Å². The van der Waals surface area contributed by atoms with E-state index in [-0.39, 0.29) is 6.04 Å². The highest BCUT2D eigenvalue weighted by molar-refractivity contribution is 7.76. The summed E-state index contributed by atoms with van der Waals surface area (Å²) in [5, 5.41) is 1.60. The molecule has 1 unspecified atom stereocenters. The zero-order chi connectivity index (χ0) is 15.4. The predicted molar refractivity (Wildman–Crippen MR) is 90.2 cm³/mol. The van der Waals surface area contributed by atoms with Crippen LogP contribution in [0.25, 0.3) is 0 Å². The highest BCUT2D eigenvalue weighted by Gasteiger charge is 2.39. The van der Waals surface area contributed by atoms with Crippen molar-refractivity contribution in [3.63, 3.8) is 0 Å². The summed E-state index contributed by atoms with van der Waals surface area (Å²) in [6.45, 7) is 0.699. The summed E-state index contributed by atoms with van der Waals surface area (Å²) in [7, 11) is -2.97. The Morgan fingerprint density at radius 1 is 0.909 bits per heavy atom. The Morgan fingerprint density at radius 2 is 1.45 bits per heavy atom. The van der Waals surface area contributed by atoms with E-state index >= 15 is 0 Å². The first kappa shape index (κ1) is 15.2. The molecule has 0 spiro atoms. The standard InChI is InChI=1S/C18H20NO2P/c20-15-16-9-7-8-14-19(16)22(21,17-10-3-1-4-11-17)18-12-5-2-6-13-18/h1-6,10-13,15-16H,7-9,14H2. The number of hydrogen-bond acceptors (Lipinski definition) is 2. The molecule has 22 heavy (non-hydrogen) atoms. The van der Waals surface area contributed by atoms with Crippen molar-refractivity contribution in [2.75, 3.05) is 6.54 Å². The number of aldehydes is 1. The van der Waals surface area contributed by atoms with Gasteiger partial charge in [0.1, 0.15) is 6.29 Å². The van der Waals surface area contributed by atoms with Gasteiger partial charge in [0.15, 0.2) is 0 Å². The minimum Gasteiger partial charge on any atom is -0.302 e. The molecule has 1 aliphatic rings. The quantitative estimate of drug-likeness (QED) is 0.643. The van der Waals surface area contributed by atoms with Gasteiger partial charge in [-0.2, -0.15) is 0 Å². The number of hydrogen-bond donors (Lipinski definition) is 0. The summed E-state index contributed by atoms with van der Waals surface area (Å²) in [6.07, 6.45) is 3.74. The summed E-state index contributed by atoms with van der Waals surface area (Å²) in [5.74, 6) is 0. The fourth-order valence-corrected chi connectivity index (χ4v) is 6.19. The van der Waals surface area contributed by atoms with E-state index in [9.17, 15) is 9.36 Å². The SMILES string of the molecule is O=CC1CCCCN1P(=O)(c1ccccc1)c1ccccc1. The van der Waals surface area contributed by atoms with Crippen molar-refractivity contribution in [2.24, 2.45) is 0 Å². The second-order valence-electron chi connectivity index (χ2n) is 5.61. The lowest BCUT2D eigenvalue weighted by Gasteiger charge is -2.38. The monoisotopic (exact) mass is 313 g/mol. The highest BCUT2D eigenvalue weighted by atomic mass is 31.2. The van der Waals surface area contributed by atoms with E-state index < -0.39 is 7.29 Å². The molecular formula is C18H20NO2P. The van der Waals surface area contributed by atoms with E-state index in [1.807, 2.05) is 65.3 Å². The zero-order valence-electron chi connectivity index (χ0n) is 12.5. The second kappa shape index (κ2) is 6.60. The molecular weight excluding hydrogens is 293 g/mol. The largest absolute Gasteiger partial charge is 0.302 e. The lowest BCUT2D eigenvalue weighted by atomic mass is 10.1. The van der Waals surface area contributed by atoms with E-state index in [0.717, 1.165) is 36.2 Å². The summed E-state index contributed by atoms with van der Waals surface area (Å²) in [6, 6.07) is 18.8. The summed E-state index contributed by atoms with van der Waals surface area (Å²) >= 11 is 0. The van der Waals surface area contributed by atoms with Gasteiger partial charge in [0.2, 0.25) is 7.29 Å². The molecule has 1 heterocycles. The first-order valence-electron chi connectivity index (χ1n) is 7.70. The molecule has 2 aromatic rings. The van der Waals surface area contributed by atoms with Gasteiger partial charge in [-0.05, 0) is 37.1 Å². The van der Waals surface area contributed by atoms with Gasteiger partial charge in [-0.15, -0.1) is 0 Å². The molecule has 1 atom stereocenters. The van der Waals surface area contributed by atoms with E-state index in [1.165, 1.54) is 0 Å². The van der Waals surface area contributed by atoms with Crippen LogP contribution in [0.15, 0.2) is 60.7 Å². The Labute approximate surface area is 131 Å². The van der Waals surface area contributed by atoms with Gasteiger partial charge < -0.3 is 4.79 Å². The van der Waals surface area contributed by atoms with Gasteiger partial charge in [-0.1, -0.05) is 42.8 Å². The van der Waals surface area contributed by atoms with Gasteiger partial charge in [0.25, 0.3) is 0 Å². The summed E-state index contributed by atoms with van der Waals surface area (Å²) < 4.78 is 16.0. The fraction of sp³-hybridized carbons (Fsp3) is 0.278. The Balaban J connectivity index is 2.15. The van der Waals surface area contributed by atoms with Crippen LogP contribution >= 0.6 is 7.29 Å². The van der Waals surface area contributed by atoms with Gasteiger partial charge >= 0.3 is 0 Å². The first-order chi connectivity index (χ1) is 10.8. The normalized spacial score (nSPS) is 19.7. The maximum atomic E-state index is 14.1. The Morgan fingerprint density at radius 3 is 1.95 bits per heavy atom. The molecule has 0 bridgehead atoms. The summed E-state index contributed by atoms with van der Waals surface area (Å²) in [5.41, 5.74) is 0. The molecule has 3 rings (SSSR count). The third kappa shape index (κ3) is 2.67. The molecule has 0 saturated carbocycles. The predicted octanol–water partition coefficient (Wildman–Crippen LogP) is 2.97. The Kier molecular flexibility index (Phi) is 4.56. The van der Waals surface area contributed by atoms with Crippen LogP contribution in [0, 0.1) is 0 Å². The van der Waals surface area contributed by atoms with Crippen LogP contribution in [0.3, 0.4) is 0 Å². The third-order valence-electron chi connectivity index (χ3n) is 4.25. The van der Waals surface area contributed by atoms with Gasteiger partial charge in [-0.3, -0.25) is 4.57 Å². The van der Waals surface area contributed by atoms with Crippen molar-refractivity contribution in [3.05, 3.63) is 60.7 Å². The van der Waals surface area contributed by atoms with Gasteiger partial charge in [0, 0.05) is 17.2 Å². The Bertz CT molecular complexity index is 629.